The summed E-state index contributed by atoms with van der Waals surface area (Å²) in [5.41, 5.74) is 3.80. The summed E-state index contributed by atoms with van der Waals surface area (Å²) in [4.78, 5) is 0. The molecule has 0 heterocycles. The van der Waals surface area contributed by atoms with Gasteiger partial charge in [0, 0.05) is 6.42 Å². The topological polar surface area (TPSA) is 9.23 Å². The number of terminal acetylenes is 1. The summed E-state index contributed by atoms with van der Waals surface area (Å²) in [5.74, 6) is 4.18. The van der Waals surface area contributed by atoms with Crippen LogP contribution in [0.15, 0.2) is 48.5 Å². The van der Waals surface area contributed by atoms with E-state index < -0.39 is 0 Å². The molecule has 0 saturated carbocycles. The monoisotopic (exact) mass is 292 g/mol. The lowest BCUT2D eigenvalue weighted by molar-refractivity contribution is 0.306. The van der Waals surface area contributed by atoms with Crippen LogP contribution in [0.5, 0.6) is 5.75 Å². The molecule has 1 atom stereocenters. The zero-order valence-electron chi connectivity index (χ0n) is 13.5. The maximum atomic E-state index is 5.89. The Balaban J connectivity index is 2.07. The average molecular weight is 292 g/mol. The standard InChI is InChI=1S/C21H24O/c1-4-9-19(10-5-2)21-14-13-20(15-17(21)3)22-16-18-11-7-6-8-12-18/h1,6-8,11-15,19H,5,9-10,16H2,2-3H3. The van der Waals surface area contributed by atoms with Gasteiger partial charge in [-0.2, -0.15) is 0 Å². The molecule has 0 saturated heterocycles. The van der Waals surface area contributed by atoms with E-state index in [1.807, 2.05) is 18.2 Å². The normalized spacial score (nSPS) is 11.7. The summed E-state index contributed by atoms with van der Waals surface area (Å²) in [6.07, 6.45) is 8.60. The number of ether oxygens (including phenoxy) is 1. The third-order valence-corrected chi connectivity index (χ3v) is 3.93. The first-order valence-electron chi connectivity index (χ1n) is 7.95. The second-order valence-corrected chi connectivity index (χ2v) is 5.69. The van der Waals surface area contributed by atoms with Crippen LogP contribution in [0.4, 0.5) is 0 Å². The van der Waals surface area contributed by atoms with Crippen LogP contribution in [0.3, 0.4) is 0 Å². The van der Waals surface area contributed by atoms with Crippen molar-refractivity contribution in [3.8, 4) is 18.1 Å². The van der Waals surface area contributed by atoms with Gasteiger partial charge in [-0.3, -0.25) is 0 Å². The molecule has 0 radical (unpaired) electrons. The van der Waals surface area contributed by atoms with E-state index in [-0.39, 0.29) is 0 Å². The quantitative estimate of drug-likeness (QED) is 0.614. The third-order valence-electron chi connectivity index (χ3n) is 3.93. The van der Waals surface area contributed by atoms with Crippen molar-refractivity contribution in [3.05, 3.63) is 65.2 Å². The highest BCUT2D eigenvalue weighted by molar-refractivity contribution is 5.37. The van der Waals surface area contributed by atoms with E-state index >= 15 is 0 Å². The first-order chi connectivity index (χ1) is 10.7. The molecule has 0 fully saturated rings. The van der Waals surface area contributed by atoms with Crippen LogP contribution < -0.4 is 4.74 Å². The second-order valence-electron chi connectivity index (χ2n) is 5.69. The van der Waals surface area contributed by atoms with Gasteiger partial charge in [-0.1, -0.05) is 49.7 Å². The Morgan fingerprint density at radius 3 is 2.55 bits per heavy atom. The van der Waals surface area contributed by atoms with Crippen molar-refractivity contribution in [3.63, 3.8) is 0 Å². The summed E-state index contributed by atoms with van der Waals surface area (Å²) in [6, 6.07) is 16.6. The highest BCUT2D eigenvalue weighted by Gasteiger charge is 2.12. The number of rotatable bonds is 7. The van der Waals surface area contributed by atoms with Gasteiger partial charge >= 0.3 is 0 Å². The van der Waals surface area contributed by atoms with Gasteiger partial charge < -0.3 is 4.74 Å². The minimum atomic E-state index is 0.457. The lowest BCUT2D eigenvalue weighted by atomic mass is 9.88. The summed E-state index contributed by atoms with van der Waals surface area (Å²) in [5, 5.41) is 0. The van der Waals surface area contributed by atoms with Crippen molar-refractivity contribution in [1.29, 1.82) is 0 Å². The Hall–Kier alpha value is -2.20. The number of aryl methyl sites for hydroxylation is 1. The molecule has 2 aromatic carbocycles. The van der Waals surface area contributed by atoms with E-state index in [0.717, 1.165) is 25.0 Å². The van der Waals surface area contributed by atoms with Crippen LogP contribution in [0.25, 0.3) is 0 Å². The van der Waals surface area contributed by atoms with Crippen LogP contribution in [0, 0.1) is 19.3 Å². The highest BCUT2D eigenvalue weighted by atomic mass is 16.5. The van der Waals surface area contributed by atoms with Gasteiger partial charge in [-0.05, 0) is 48.1 Å². The molecular formula is C21H24O. The van der Waals surface area contributed by atoms with Crippen molar-refractivity contribution >= 4 is 0 Å². The van der Waals surface area contributed by atoms with Gasteiger partial charge in [0.25, 0.3) is 0 Å². The minimum absolute atomic E-state index is 0.457. The van der Waals surface area contributed by atoms with Crippen LogP contribution in [-0.4, -0.2) is 0 Å². The van der Waals surface area contributed by atoms with Gasteiger partial charge in [0.05, 0.1) is 0 Å². The average Bonchev–Trinajstić information content (AvgIpc) is 2.54. The molecule has 0 aliphatic heterocycles. The summed E-state index contributed by atoms with van der Waals surface area (Å²) in [7, 11) is 0. The summed E-state index contributed by atoms with van der Waals surface area (Å²) in [6.45, 7) is 4.95. The molecule has 1 heteroatoms. The smallest absolute Gasteiger partial charge is 0.120 e. The zero-order valence-corrected chi connectivity index (χ0v) is 13.5. The molecule has 0 N–H and O–H groups in total. The van der Waals surface area contributed by atoms with Gasteiger partial charge in [-0.15, -0.1) is 12.3 Å². The first kappa shape index (κ1) is 16.2. The van der Waals surface area contributed by atoms with E-state index in [0.29, 0.717) is 12.5 Å². The van der Waals surface area contributed by atoms with Crippen molar-refractivity contribution in [2.24, 2.45) is 0 Å². The molecule has 114 valence electrons. The fourth-order valence-corrected chi connectivity index (χ4v) is 2.80. The van der Waals surface area contributed by atoms with E-state index in [1.165, 1.54) is 16.7 Å². The fraction of sp³-hybridized carbons (Fsp3) is 0.333. The number of hydrogen-bond donors (Lipinski definition) is 0. The number of hydrogen-bond acceptors (Lipinski definition) is 1. The molecule has 0 aliphatic carbocycles. The minimum Gasteiger partial charge on any atom is -0.489 e. The Labute approximate surface area is 134 Å². The Morgan fingerprint density at radius 2 is 1.91 bits per heavy atom. The fourth-order valence-electron chi connectivity index (χ4n) is 2.80. The Morgan fingerprint density at radius 1 is 1.14 bits per heavy atom. The van der Waals surface area contributed by atoms with Crippen LogP contribution in [0.1, 0.15) is 48.8 Å². The molecule has 2 rings (SSSR count). The lowest BCUT2D eigenvalue weighted by Gasteiger charge is -2.17. The van der Waals surface area contributed by atoms with E-state index in [9.17, 15) is 0 Å². The van der Waals surface area contributed by atoms with Crippen molar-refractivity contribution in [2.75, 3.05) is 0 Å². The molecule has 0 amide bonds. The van der Waals surface area contributed by atoms with E-state index in [2.05, 4.69) is 50.1 Å². The Kier molecular flexibility index (Phi) is 6.10. The molecule has 22 heavy (non-hydrogen) atoms. The maximum Gasteiger partial charge on any atom is 0.120 e. The SMILES string of the molecule is C#CCC(CCC)c1ccc(OCc2ccccc2)cc1C. The van der Waals surface area contributed by atoms with Gasteiger partial charge in [0.1, 0.15) is 12.4 Å². The summed E-state index contributed by atoms with van der Waals surface area (Å²) >= 11 is 0. The Bertz CT molecular complexity index is 622. The van der Waals surface area contributed by atoms with Crippen LogP contribution in [-0.2, 0) is 6.61 Å². The lowest BCUT2D eigenvalue weighted by Crippen LogP contribution is -2.02. The molecule has 1 unspecified atom stereocenters. The molecular weight excluding hydrogens is 268 g/mol. The predicted octanol–water partition coefficient (Wildman–Crippen LogP) is 5.48. The predicted molar refractivity (Wildman–Crippen MR) is 93.1 cm³/mol. The van der Waals surface area contributed by atoms with Crippen molar-refractivity contribution in [2.45, 2.75) is 45.6 Å². The second kappa shape index (κ2) is 8.29. The first-order valence-corrected chi connectivity index (χ1v) is 7.95. The van der Waals surface area contributed by atoms with Crippen molar-refractivity contribution in [1.82, 2.24) is 0 Å². The molecule has 0 spiro atoms. The van der Waals surface area contributed by atoms with E-state index in [4.69, 9.17) is 11.2 Å². The maximum absolute atomic E-state index is 5.89. The largest absolute Gasteiger partial charge is 0.489 e. The van der Waals surface area contributed by atoms with Crippen LogP contribution in [0.2, 0.25) is 0 Å². The molecule has 0 aromatic heterocycles. The van der Waals surface area contributed by atoms with Gasteiger partial charge in [0.2, 0.25) is 0 Å². The molecule has 0 aliphatic rings. The number of benzene rings is 2. The van der Waals surface area contributed by atoms with Crippen molar-refractivity contribution < 1.29 is 4.74 Å². The zero-order chi connectivity index (χ0) is 15.8. The van der Waals surface area contributed by atoms with Gasteiger partial charge in [0.15, 0.2) is 0 Å². The highest BCUT2D eigenvalue weighted by Crippen LogP contribution is 2.30. The molecule has 2 aromatic rings. The van der Waals surface area contributed by atoms with Crippen LogP contribution >= 0.6 is 0 Å². The van der Waals surface area contributed by atoms with E-state index in [1.54, 1.807) is 0 Å². The van der Waals surface area contributed by atoms with Gasteiger partial charge in [-0.25, -0.2) is 0 Å². The molecule has 1 nitrogen and oxygen atoms in total. The molecule has 0 bridgehead atoms. The third kappa shape index (κ3) is 4.40. The summed E-state index contributed by atoms with van der Waals surface area (Å²) < 4.78 is 5.89.